The van der Waals surface area contributed by atoms with Gasteiger partial charge in [0.05, 0.1) is 0 Å². The van der Waals surface area contributed by atoms with Crippen LogP contribution in [-0.4, -0.2) is 23.9 Å². The highest BCUT2D eigenvalue weighted by molar-refractivity contribution is 5.81. The molecule has 0 bridgehead atoms. The quantitative estimate of drug-likeness (QED) is 0.834. The number of rotatable bonds is 4. The maximum absolute atomic E-state index is 11.9. The molecule has 0 aromatic carbocycles. The molecule has 1 fully saturated rings. The molecule has 0 spiro atoms. The molecule has 1 aromatic rings. The van der Waals surface area contributed by atoms with Gasteiger partial charge in [0.2, 0.25) is 0 Å². The van der Waals surface area contributed by atoms with E-state index in [0.717, 1.165) is 37.9 Å². The third kappa shape index (κ3) is 3.14. The zero-order chi connectivity index (χ0) is 11.2. The SMILES string of the molecule is O=C(CCc1cccnc1)C1CCCNC1. The molecule has 86 valence electrons. The monoisotopic (exact) mass is 218 g/mol. The number of piperidine rings is 1. The number of hydrogen-bond acceptors (Lipinski definition) is 3. The molecule has 1 aromatic heterocycles. The Balaban J connectivity index is 1.79. The Labute approximate surface area is 96.3 Å². The van der Waals surface area contributed by atoms with Crippen molar-refractivity contribution in [2.75, 3.05) is 13.1 Å². The Morgan fingerprint density at radius 1 is 1.56 bits per heavy atom. The minimum atomic E-state index is 0.241. The molecule has 0 amide bonds. The van der Waals surface area contributed by atoms with Crippen LogP contribution in [0.1, 0.15) is 24.8 Å². The molecule has 1 N–H and O–H groups in total. The zero-order valence-corrected chi connectivity index (χ0v) is 9.48. The highest BCUT2D eigenvalue weighted by Gasteiger charge is 2.20. The van der Waals surface area contributed by atoms with Crippen molar-refractivity contribution in [2.24, 2.45) is 5.92 Å². The van der Waals surface area contributed by atoms with Crippen LogP contribution in [0, 0.1) is 5.92 Å². The second-order valence-electron chi connectivity index (χ2n) is 4.37. The van der Waals surface area contributed by atoms with E-state index in [1.807, 2.05) is 18.3 Å². The van der Waals surface area contributed by atoms with Crippen LogP contribution in [0.3, 0.4) is 0 Å². The molecule has 1 saturated heterocycles. The summed E-state index contributed by atoms with van der Waals surface area (Å²) in [6.07, 6.45) is 7.26. The molecule has 3 heteroatoms. The van der Waals surface area contributed by atoms with Crippen LogP contribution in [0.25, 0.3) is 0 Å². The summed E-state index contributed by atoms with van der Waals surface area (Å²) >= 11 is 0. The van der Waals surface area contributed by atoms with Gasteiger partial charge >= 0.3 is 0 Å². The summed E-state index contributed by atoms with van der Waals surface area (Å²) in [7, 11) is 0. The van der Waals surface area contributed by atoms with Crippen LogP contribution < -0.4 is 5.32 Å². The van der Waals surface area contributed by atoms with Gasteiger partial charge in [-0.1, -0.05) is 6.07 Å². The van der Waals surface area contributed by atoms with Gasteiger partial charge in [0, 0.05) is 31.3 Å². The minimum absolute atomic E-state index is 0.241. The summed E-state index contributed by atoms with van der Waals surface area (Å²) in [6.45, 7) is 1.93. The summed E-state index contributed by atoms with van der Waals surface area (Å²) < 4.78 is 0. The normalized spacial score (nSPS) is 20.6. The molecule has 16 heavy (non-hydrogen) atoms. The van der Waals surface area contributed by atoms with Gasteiger partial charge in [-0.3, -0.25) is 9.78 Å². The van der Waals surface area contributed by atoms with Crippen molar-refractivity contribution in [1.82, 2.24) is 10.3 Å². The topological polar surface area (TPSA) is 42.0 Å². The highest BCUT2D eigenvalue weighted by Crippen LogP contribution is 2.14. The number of aryl methyl sites for hydroxylation is 1. The number of ketones is 1. The van der Waals surface area contributed by atoms with Crippen molar-refractivity contribution < 1.29 is 4.79 Å². The average Bonchev–Trinajstić information content (AvgIpc) is 2.38. The molecule has 1 aliphatic heterocycles. The number of aromatic nitrogens is 1. The zero-order valence-electron chi connectivity index (χ0n) is 9.48. The Bertz CT molecular complexity index is 331. The molecule has 3 nitrogen and oxygen atoms in total. The van der Waals surface area contributed by atoms with Crippen LogP contribution in [0.15, 0.2) is 24.5 Å². The van der Waals surface area contributed by atoms with Gasteiger partial charge in [-0.25, -0.2) is 0 Å². The first-order chi connectivity index (χ1) is 7.86. The smallest absolute Gasteiger partial charge is 0.137 e. The first kappa shape index (κ1) is 11.3. The lowest BCUT2D eigenvalue weighted by molar-refractivity contribution is -0.123. The van der Waals surface area contributed by atoms with E-state index >= 15 is 0 Å². The van der Waals surface area contributed by atoms with Gasteiger partial charge < -0.3 is 5.32 Å². The van der Waals surface area contributed by atoms with E-state index in [9.17, 15) is 4.79 Å². The molecule has 2 rings (SSSR count). The van der Waals surface area contributed by atoms with Crippen molar-refractivity contribution in [3.63, 3.8) is 0 Å². The van der Waals surface area contributed by atoms with Crippen LogP contribution >= 0.6 is 0 Å². The molecule has 1 aliphatic rings. The summed E-state index contributed by atoms with van der Waals surface area (Å²) in [5.41, 5.74) is 1.15. The van der Waals surface area contributed by atoms with Crippen molar-refractivity contribution >= 4 is 5.78 Å². The van der Waals surface area contributed by atoms with Gasteiger partial charge in [-0.15, -0.1) is 0 Å². The van der Waals surface area contributed by atoms with Crippen molar-refractivity contribution in [2.45, 2.75) is 25.7 Å². The summed E-state index contributed by atoms with van der Waals surface area (Å²) in [5, 5.41) is 3.28. The number of nitrogens with zero attached hydrogens (tertiary/aromatic N) is 1. The predicted octanol–water partition coefficient (Wildman–Crippen LogP) is 1.58. The van der Waals surface area contributed by atoms with E-state index in [-0.39, 0.29) is 5.92 Å². The number of nitrogens with one attached hydrogen (secondary N) is 1. The highest BCUT2D eigenvalue weighted by atomic mass is 16.1. The minimum Gasteiger partial charge on any atom is -0.316 e. The van der Waals surface area contributed by atoms with Gasteiger partial charge in [0.1, 0.15) is 5.78 Å². The Kier molecular flexibility index (Phi) is 4.05. The summed E-state index contributed by atoms with van der Waals surface area (Å²) in [5.74, 6) is 0.640. The van der Waals surface area contributed by atoms with Crippen LogP contribution in [0.5, 0.6) is 0 Å². The first-order valence-corrected chi connectivity index (χ1v) is 5.98. The second kappa shape index (κ2) is 5.75. The average molecular weight is 218 g/mol. The lowest BCUT2D eigenvalue weighted by Gasteiger charge is -2.21. The van der Waals surface area contributed by atoms with Crippen LogP contribution in [0.4, 0.5) is 0 Å². The summed E-state index contributed by atoms with van der Waals surface area (Å²) in [4.78, 5) is 16.0. The fraction of sp³-hybridized carbons (Fsp3) is 0.538. The van der Waals surface area contributed by atoms with E-state index in [1.54, 1.807) is 6.20 Å². The molecular formula is C13H18N2O. The van der Waals surface area contributed by atoms with Gasteiger partial charge in [-0.2, -0.15) is 0 Å². The predicted molar refractivity (Wildman–Crippen MR) is 63.2 cm³/mol. The van der Waals surface area contributed by atoms with Gasteiger partial charge in [-0.05, 0) is 37.4 Å². The number of carbonyl (C=O) groups excluding carboxylic acids is 1. The summed E-state index contributed by atoms with van der Waals surface area (Å²) in [6, 6.07) is 3.95. The van der Waals surface area contributed by atoms with E-state index in [2.05, 4.69) is 10.3 Å². The Morgan fingerprint density at radius 3 is 3.19 bits per heavy atom. The standard InChI is InChI=1S/C13H18N2O/c16-13(12-4-2-8-15-10-12)6-5-11-3-1-7-14-9-11/h1,3,7,9,12,15H,2,4-6,8,10H2. The Hall–Kier alpha value is -1.22. The van der Waals surface area contributed by atoms with E-state index in [1.165, 1.54) is 0 Å². The lowest BCUT2D eigenvalue weighted by Crippen LogP contribution is -2.34. The van der Waals surface area contributed by atoms with E-state index in [4.69, 9.17) is 0 Å². The Morgan fingerprint density at radius 2 is 2.50 bits per heavy atom. The number of carbonyl (C=O) groups is 1. The van der Waals surface area contributed by atoms with Gasteiger partial charge in [0.15, 0.2) is 0 Å². The number of Topliss-reactive ketones (excluding diaryl/α,β-unsaturated/α-hetero) is 1. The molecular weight excluding hydrogens is 200 g/mol. The number of pyridine rings is 1. The molecule has 1 unspecified atom stereocenters. The molecule has 0 saturated carbocycles. The number of hydrogen-bond donors (Lipinski definition) is 1. The maximum Gasteiger partial charge on any atom is 0.137 e. The van der Waals surface area contributed by atoms with Crippen LogP contribution in [-0.2, 0) is 11.2 Å². The lowest BCUT2D eigenvalue weighted by atomic mass is 9.92. The van der Waals surface area contributed by atoms with Crippen molar-refractivity contribution in [1.29, 1.82) is 0 Å². The third-order valence-electron chi connectivity index (χ3n) is 3.14. The maximum atomic E-state index is 11.9. The molecule has 0 aliphatic carbocycles. The van der Waals surface area contributed by atoms with Gasteiger partial charge in [0.25, 0.3) is 0 Å². The second-order valence-corrected chi connectivity index (χ2v) is 4.37. The first-order valence-electron chi connectivity index (χ1n) is 5.98. The van der Waals surface area contributed by atoms with Crippen LogP contribution in [0.2, 0.25) is 0 Å². The van der Waals surface area contributed by atoms with Crippen molar-refractivity contribution in [3.8, 4) is 0 Å². The molecule has 0 radical (unpaired) electrons. The fourth-order valence-electron chi connectivity index (χ4n) is 2.14. The largest absolute Gasteiger partial charge is 0.316 e. The van der Waals surface area contributed by atoms with E-state index in [0.29, 0.717) is 12.2 Å². The molecule has 1 atom stereocenters. The van der Waals surface area contributed by atoms with Crippen molar-refractivity contribution in [3.05, 3.63) is 30.1 Å². The third-order valence-corrected chi connectivity index (χ3v) is 3.14. The fourth-order valence-corrected chi connectivity index (χ4v) is 2.14. The molecule has 2 heterocycles. The van der Waals surface area contributed by atoms with E-state index < -0.39 is 0 Å².